The van der Waals surface area contributed by atoms with Crippen LogP contribution in [0.5, 0.6) is 0 Å². The van der Waals surface area contributed by atoms with Crippen LogP contribution in [0.15, 0.2) is 46.9 Å². The third-order valence-electron chi connectivity index (χ3n) is 3.94. The highest BCUT2D eigenvalue weighted by molar-refractivity contribution is 9.10. The first-order valence-corrected chi connectivity index (χ1v) is 8.21. The maximum atomic E-state index is 12.7. The van der Waals surface area contributed by atoms with Crippen molar-refractivity contribution in [1.29, 1.82) is 0 Å². The number of imide groups is 1. The standard InChI is InChI=1S/C18H17BrN2O2/c1-11-3-4-12(2)16(9-11)21-17(22)10-15(18(21)23)20-14-7-5-13(19)6-8-14/h3-9,15,20H,10H2,1-2H3. The number of nitrogens with one attached hydrogen (secondary N) is 1. The van der Waals surface area contributed by atoms with Gasteiger partial charge in [0.15, 0.2) is 0 Å². The minimum absolute atomic E-state index is 0.168. The number of nitrogens with zero attached hydrogens (tertiary/aromatic N) is 1. The van der Waals surface area contributed by atoms with E-state index in [1.807, 2.05) is 56.3 Å². The molecule has 0 radical (unpaired) electrons. The summed E-state index contributed by atoms with van der Waals surface area (Å²) in [5, 5.41) is 3.15. The fraction of sp³-hybridized carbons (Fsp3) is 0.222. The molecule has 1 aliphatic rings. The normalized spacial score (nSPS) is 17.7. The van der Waals surface area contributed by atoms with Gasteiger partial charge >= 0.3 is 0 Å². The second-order valence-electron chi connectivity index (χ2n) is 5.77. The van der Waals surface area contributed by atoms with Crippen molar-refractivity contribution in [2.75, 3.05) is 10.2 Å². The lowest BCUT2D eigenvalue weighted by Gasteiger charge is -2.18. The molecule has 4 nitrogen and oxygen atoms in total. The molecule has 23 heavy (non-hydrogen) atoms. The van der Waals surface area contributed by atoms with Crippen molar-refractivity contribution >= 4 is 39.1 Å². The van der Waals surface area contributed by atoms with Gasteiger partial charge in [-0.1, -0.05) is 28.1 Å². The van der Waals surface area contributed by atoms with Crippen LogP contribution in [-0.2, 0) is 9.59 Å². The van der Waals surface area contributed by atoms with Crippen molar-refractivity contribution in [3.05, 3.63) is 58.1 Å². The minimum atomic E-state index is -0.524. The Hall–Kier alpha value is -2.14. The average Bonchev–Trinajstić information content (AvgIpc) is 2.78. The number of aryl methyl sites for hydroxylation is 2. The van der Waals surface area contributed by atoms with Gasteiger partial charge in [-0.3, -0.25) is 9.59 Å². The highest BCUT2D eigenvalue weighted by Crippen LogP contribution is 2.28. The molecule has 118 valence electrons. The van der Waals surface area contributed by atoms with E-state index >= 15 is 0 Å². The zero-order valence-electron chi connectivity index (χ0n) is 13.0. The Morgan fingerprint density at radius 2 is 1.78 bits per heavy atom. The number of rotatable bonds is 3. The van der Waals surface area contributed by atoms with Crippen LogP contribution in [0.4, 0.5) is 11.4 Å². The van der Waals surface area contributed by atoms with E-state index in [4.69, 9.17) is 0 Å². The average molecular weight is 373 g/mol. The van der Waals surface area contributed by atoms with Gasteiger partial charge in [0.05, 0.1) is 12.1 Å². The molecule has 0 aliphatic carbocycles. The van der Waals surface area contributed by atoms with Crippen LogP contribution in [0.2, 0.25) is 0 Å². The monoisotopic (exact) mass is 372 g/mol. The molecule has 2 amide bonds. The summed E-state index contributed by atoms with van der Waals surface area (Å²) >= 11 is 3.38. The molecule has 1 heterocycles. The van der Waals surface area contributed by atoms with Crippen LogP contribution in [0.3, 0.4) is 0 Å². The van der Waals surface area contributed by atoms with E-state index in [0.29, 0.717) is 5.69 Å². The second-order valence-corrected chi connectivity index (χ2v) is 6.68. The third kappa shape index (κ3) is 3.15. The van der Waals surface area contributed by atoms with Crippen LogP contribution in [0.25, 0.3) is 0 Å². The van der Waals surface area contributed by atoms with Crippen molar-refractivity contribution in [2.24, 2.45) is 0 Å². The molecular formula is C18H17BrN2O2. The summed E-state index contributed by atoms with van der Waals surface area (Å²) in [5.41, 5.74) is 3.44. The number of carbonyl (C=O) groups is 2. The molecule has 1 aliphatic heterocycles. The zero-order valence-corrected chi connectivity index (χ0v) is 14.6. The van der Waals surface area contributed by atoms with E-state index in [1.54, 1.807) is 0 Å². The van der Waals surface area contributed by atoms with Crippen molar-refractivity contribution in [3.63, 3.8) is 0 Å². The molecule has 2 aromatic rings. The highest BCUT2D eigenvalue weighted by atomic mass is 79.9. The van der Waals surface area contributed by atoms with Gasteiger partial charge in [0, 0.05) is 10.2 Å². The first kappa shape index (κ1) is 15.7. The van der Waals surface area contributed by atoms with E-state index in [0.717, 1.165) is 21.3 Å². The Morgan fingerprint density at radius 1 is 1.09 bits per heavy atom. The van der Waals surface area contributed by atoms with Crippen molar-refractivity contribution in [3.8, 4) is 0 Å². The largest absolute Gasteiger partial charge is 0.373 e. The molecular weight excluding hydrogens is 356 g/mol. The first-order chi connectivity index (χ1) is 11.0. The van der Waals surface area contributed by atoms with E-state index in [-0.39, 0.29) is 18.2 Å². The van der Waals surface area contributed by atoms with Gasteiger partial charge in [-0.2, -0.15) is 0 Å². The van der Waals surface area contributed by atoms with Gasteiger partial charge in [-0.05, 0) is 55.3 Å². The molecule has 0 spiro atoms. The van der Waals surface area contributed by atoms with E-state index < -0.39 is 6.04 Å². The van der Waals surface area contributed by atoms with E-state index in [2.05, 4.69) is 21.2 Å². The van der Waals surface area contributed by atoms with Gasteiger partial charge < -0.3 is 5.32 Å². The molecule has 2 aromatic carbocycles. The summed E-state index contributed by atoms with van der Waals surface area (Å²) in [4.78, 5) is 26.3. The van der Waals surface area contributed by atoms with Crippen molar-refractivity contribution < 1.29 is 9.59 Å². The topological polar surface area (TPSA) is 49.4 Å². The molecule has 1 fully saturated rings. The van der Waals surface area contributed by atoms with Crippen LogP contribution < -0.4 is 10.2 Å². The number of amides is 2. The molecule has 3 rings (SSSR count). The molecule has 0 saturated carbocycles. The number of benzene rings is 2. The minimum Gasteiger partial charge on any atom is -0.373 e. The van der Waals surface area contributed by atoms with Crippen molar-refractivity contribution in [1.82, 2.24) is 0 Å². The summed E-state index contributed by atoms with van der Waals surface area (Å²) in [6, 6.07) is 12.8. The van der Waals surface area contributed by atoms with Crippen LogP contribution >= 0.6 is 15.9 Å². The molecule has 1 N–H and O–H groups in total. The molecule has 1 saturated heterocycles. The summed E-state index contributed by atoms with van der Waals surface area (Å²) in [5.74, 6) is -0.370. The molecule has 1 unspecified atom stereocenters. The predicted octanol–water partition coefficient (Wildman–Crippen LogP) is 3.81. The number of halogens is 1. The fourth-order valence-electron chi connectivity index (χ4n) is 2.71. The Morgan fingerprint density at radius 3 is 2.48 bits per heavy atom. The van der Waals surface area contributed by atoms with Gasteiger partial charge in [-0.25, -0.2) is 4.90 Å². The molecule has 5 heteroatoms. The number of anilines is 2. The summed E-state index contributed by atoms with van der Waals surface area (Å²) < 4.78 is 0.967. The molecule has 0 bridgehead atoms. The number of carbonyl (C=O) groups excluding carboxylic acids is 2. The SMILES string of the molecule is Cc1ccc(C)c(N2C(=O)CC(Nc3ccc(Br)cc3)C2=O)c1. The summed E-state index contributed by atoms with van der Waals surface area (Å²) in [7, 11) is 0. The zero-order chi connectivity index (χ0) is 16.6. The van der Waals surface area contributed by atoms with Gasteiger partial charge in [0.2, 0.25) is 5.91 Å². The fourth-order valence-corrected chi connectivity index (χ4v) is 2.97. The lowest BCUT2D eigenvalue weighted by molar-refractivity contribution is -0.121. The summed E-state index contributed by atoms with van der Waals surface area (Å²) in [6.07, 6.45) is 0.169. The van der Waals surface area contributed by atoms with E-state index in [1.165, 1.54) is 4.90 Å². The lowest BCUT2D eigenvalue weighted by Crippen LogP contribution is -2.35. The van der Waals surface area contributed by atoms with Crippen LogP contribution in [-0.4, -0.2) is 17.9 Å². The Labute approximate surface area is 143 Å². The van der Waals surface area contributed by atoms with Crippen LogP contribution in [0.1, 0.15) is 17.5 Å². The Kier molecular flexibility index (Phi) is 4.22. The summed E-state index contributed by atoms with van der Waals surface area (Å²) in [6.45, 7) is 3.86. The van der Waals surface area contributed by atoms with Gasteiger partial charge in [-0.15, -0.1) is 0 Å². The predicted molar refractivity (Wildman–Crippen MR) is 94.6 cm³/mol. The number of hydrogen-bond donors (Lipinski definition) is 1. The van der Waals surface area contributed by atoms with Gasteiger partial charge in [0.1, 0.15) is 6.04 Å². The molecule has 1 atom stereocenters. The third-order valence-corrected chi connectivity index (χ3v) is 4.47. The van der Waals surface area contributed by atoms with Gasteiger partial charge in [0.25, 0.3) is 5.91 Å². The second kappa shape index (κ2) is 6.16. The lowest BCUT2D eigenvalue weighted by atomic mass is 10.1. The smallest absolute Gasteiger partial charge is 0.256 e. The highest BCUT2D eigenvalue weighted by Gasteiger charge is 2.40. The first-order valence-electron chi connectivity index (χ1n) is 7.42. The quantitative estimate of drug-likeness (QED) is 0.833. The molecule has 0 aromatic heterocycles. The van der Waals surface area contributed by atoms with Crippen LogP contribution in [0, 0.1) is 13.8 Å². The number of hydrogen-bond acceptors (Lipinski definition) is 3. The Balaban J connectivity index is 1.85. The van der Waals surface area contributed by atoms with Crippen molar-refractivity contribution in [2.45, 2.75) is 26.3 Å². The maximum Gasteiger partial charge on any atom is 0.256 e. The maximum absolute atomic E-state index is 12.7. The Bertz CT molecular complexity index is 771. The van der Waals surface area contributed by atoms with E-state index in [9.17, 15) is 9.59 Å².